The van der Waals surface area contributed by atoms with Crippen molar-refractivity contribution in [3.05, 3.63) is 24.0 Å². The number of hydrogen-bond acceptors (Lipinski definition) is 3. The van der Waals surface area contributed by atoms with Gasteiger partial charge in [-0.3, -0.25) is 4.98 Å². The lowest BCUT2D eigenvalue weighted by Gasteiger charge is -2.11. The van der Waals surface area contributed by atoms with Crippen molar-refractivity contribution in [2.24, 2.45) is 5.92 Å². The fourth-order valence-corrected chi connectivity index (χ4v) is 1.97. The van der Waals surface area contributed by atoms with Gasteiger partial charge >= 0.3 is 0 Å². The molecule has 0 saturated heterocycles. The van der Waals surface area contributed by atoms with E-state index in [9.17, 15) is 0 Å². The summed E-state index contributed by atoms with van der Waals surface area (Å²) in [5.41, 5.74) is 1.24. The summed E-state index contributed by atoms with van der Waals surface area (Å²) in [6.07, 6.45) is 10.3. The second-order valence-electron chi connectivity index (χ2n) is 5.22. The van der Waals surface area contributed by atoms with Gasteiger partial charge in [0.1, 0.15) is 5.75 Å². The van der Waals surface area contributed by atoms with E-state index in [1.54, 1.807) is 0 Å². The number of aromatic nitrogens is 1. The summed E-state index contributed by atoms with van der Waals surface area (Å²) in [5.74, 6) is 1.89. The second kappa shape index (κ2) is 5.05. The van der Waals surface area contributed by atoms with E-state index in [-0.39, 0.29) is 0 Å². The Balaban J connectivity index is 1.52. The molecule has 1 heterocycles. The molecule has 0 spiro atoms. The van der Waals surface area contributed by atoms with E-state index >= 15 is 0 Å². The molecule has 1 N–H and O–H groups in total. The van der Waals surface area contributed by atoms with E-state index in [1.807, 2.05) is 12.4 Å². The summed E-state index contributed by atoms with van der Waals surface area (Å²) in [4.78, 5) is 4.15. The summed E-state index contributed by atoms with van der Waals surface area (Å²) >= 11 is 0. The number of pyridine rings is 1. The van der Waals surface area contributed by atoms with Gasteiger partial charge in [-0.15, -0.1) is 0 Å². The minimum absolute atomic E-state index is 0.738. The number of hydrogen-bond donors (Lipinski definition) is 1. The van der Waals surface area contributed by atoms with Crippen molar-refractivity contribution in [1.29, 1.82) is 0 Å². The predicted octanol–water partition coefficient (Wildman–Crippen LogP) is 2.51. The Morgan fingerprint density at radius 3 is 2.94 bits per heavy atom. The van der Waals surface area contributed by atoms with Crippen LogP contribution in [0.15, 0.2) is 18.5 Å². The Hall–Kier alpha value is -1.09. The molecule has 0 radical (unpaired) electrons. The Morgan fingerprint density at radius 2 is 2.18 bits per heavy atom. The monoisotopic (exact) mass is 232 g/mol. The van der Waals surface area contributed by atoms with Crippen LogP contribution in [0.2, 0.25) is 0 Å². The largest absolute Gasteiger partial charge is 0.492 e. The number of ether oxygens (including phenoxy) is 1. The fourth-order valence-electron chi connectivity index (χ4n) is 1.97. The first-order chi connectivity index (χ1) is 8.42. The fraction of sp³-hybridized carbons (Fsp3) is 0.643. The molecule has 1 aromatic heterocycles. The lowest BCUT2D eigenvalue weighted by Crippen LogP contribution is -2.16. The molecule has 0 aliphatic heterocycles. The number of rotatable bonds is 7. The molecule has 0 unspecified atom stereocenters. The summed E-state index contributed by atoms with van der Waals surface area (Å²) < 4.78 is 5.84. The molecule has 0 bridgehead atoms. The van der Waals surface area contributed by atoms with E-state index in [0.29, 0.717) is 0 Å². The van der Waals surface area contributed by atoms with Crippen LogP contribution in [0, 0.1) is 5.92 Å². The molecule has 2 aliphatic carbocycles. The van der Waals surface area contributed by atoms with Crippen LogP contribution >= 0.6 is 0 Å². The van der Waals surface area contributed by atoms with Crippen molar-refractivity contribution in [2.45, 2.75) is 44.7 Å². The summed E-state index contributed by atoms with van der Waals surface area (Å²) in [6, 6.07) is 2.80. The van der Waals surface area contributed by atoms with Gasteiger partial charge in [0.15, 0.2) is 0 Å². The summed E-state index contributed by atoms with van der Waals surface area (Å²) in [6.45, 7) is 1.75. The Bertz CT molecular complexity index is 372. The van der Waals surface area contributed by atoms with Gasteiger partial charge in [0.05, 0.1) is 12.8 Å². The van der Waals surface area contributed by atoms with Crippen LogP contribution in [0.4, 0.5) is 0 Å². The minimum Gasteiger partial charge on any atom is -0.492 e. The van der Waals surface area contributed by atoms with Crippen LogP contribution in [0.5, 0.6) is 5.75 Å². The summed E-state index contributed by atoms with van der Waals surface area (Å²) in [7, 11) is 0. The third-order valence-electron chi connectivity index (χ3n) is 3.51. The van der Waals surface area contributed by atoms with Gasteiger partial charge in [-0.1, -0.05) is 12.8 Å². The molecular formula is C14H20N2O. The molecule has 0 atom stereocenters. The molecule has 3 heteroatoms. The maximum atomic E-state index is 5.84. The highest BCUT2D eigenvalue weighted by Crippen LogP contribution is 2.32. The summed E-state index contributed by atoms with van der Waals surface area (Å²) in [5, 5.41) is 3.52. The smallest absolute Gasteiger partial charge is 0.142 e. The third-order valence-corrected chi connectivity index (χ3v) is 3.51. The molecule has 3 rings (SSSR count). The van der Waals surface area contributed by atoms with Crippen LogP contribution in [0.3, 0.4) is 0 Å². The van der Waals surface area contributed by atoms with Gasteiger partial charge in [-0.25, -0.2) is 0 Å². The van der Waals surface area contributed by atoms with Gasteiger partial charge in [0.25, 0.3) is 0 Å². The minimum atomic E-state index is 0.738. The average Bonchev–Trinajstić information content (AvgIpc) is 3.23. The van der Waals surface area contributed by atoms with Crippen molar-refractivity contribution >= 4 is 0 Å². The van der Waals surface area contributed by atoms with E-state index in [0.717, 1.165) is 30.9 Å². The average molecular weight is 232 g/mol. The molecular weight excluding hydrogens is 212 g/mol. The van der Waals surface area contributed by atoms with Crippen molar-refractivity contribution in [2.75, 3.05) is 6.61 Å². The lowest BCUT2D eigenvalue weighted by atomic mass is 10.2. The second-order valence-corrected chi connectivity index (χ2v) is 5.22. The van der Waals surface area contributed by atoms with Crippen LogP contribution < -0.4 is 10.1 Å². The lowest BCUT2D eigenvalue weighted by molar-refractivity contribution is 0.297. The van der Waals surface area contributed by atoms with E-state index in [1.165, 1.54) is 37.7 Å². The molecule has 0 amide bonds. The SMILES string of the molecule is c1cc(CNC2CC2)c(OCCC2CC2)cn1. The zero-order valence-electron chi connectivity index (χ0n) is 10.2. The molecule has 0 aromatic carbocycles. The third kappa shape index (κ3) is 3.43. The highest BCUT2D eigenvalue weighted by molar-refractivity contribution is 5.29. The van der Waals surface area contributed by atoms with Crippen LogP contribution in [-0.2, 0) is 6.54 Å². The van der Waals surface area contributed by atoms with Crippen molar-refractivity contribution in [3.8, 4) is 5.75 Å². The van der Waals surface area contributed by atoms with Crippen LogP contribution in [0.1, 0.15) is 37.7 Å². The predicted molar refractivity (Wildman–Crippen MR) is 66.9 cm³/mol. The number of nitrogens with zero attached hydrogens (tertiary/aromatic N) is 1. The van der Waals surface area contributed by atoms with Gasteiger partial charge in [-0.2, -0.15) is 0 Å². The van der Waals surface area contributed by atoms with Crippen molar-refractivity contribution in [1.82, 2.24) is 10.3 Å². The van der Waals surface area contributed by atoms with E-state index in [4.69, 9.17) is 4.74 Å². The normalized spacial score (nSPS) is 19.3. The van der Waals surface area contributed by atoms with Crippen LogP contribution in [0.25, 0.3) is 0 Å². The molecule has 1 aromatic rings. The maximum absolute atomic E-state index is 5.84. The maximum Gasteiger partial charge on any atom is 0.142 e. The van der Waals surface area contributed by atoms with Crippen LogP contribution in [-0.4, -0.2) is 17.6 Å². The molecule has 17 heavy (non-hydrogen) atoms. The highest BCUT2D eigenvalue weighted by atomic mass is 16.5. The van der Waals surface area contributed by atoms with Gasteiger partial charge < -0.3 is 10.1 Å². The zero-order valence-corrected chi connectivity index (χ0v) is 10.2. The Kier molecular flexibility index (Phi) is 3.27. The molecule has 2 saturated carbocycles. The quantitative estimate of drug-likeness (QED) is 0.784. The van der Waals surface area contributed by atoms with Crippen molar-refractivity contribution < 1.29 is 4.74 Å². The van der Waals surface area contributed by atoms with Crippen molar-refractivity contribution in [3.63, 3.8) is 0 Å². The first-order valence-electron chi connectivity index (χ1n) is 6.71. The first-order valence-corrected chi connectivity index (χ1v) is 6.71. The highest BCUT2D eigenvalue weighted by Gasteiger charge is 2.22. The number of nitrogens with one attached hydrogen (secondary N) is 1. The molecule has 92 valence electrons. The van der Waals surface area contributed by atoms with E-state index < -0.39 is 0 Å². The zero-order chi connectivity index (χ0) is 11.5. The topological polar surface area (TPSA) is 34.1 Å². The van der Waals surface area contributed by atoms with Gasteiger partial charge in [0.2, 0.25) is 0 Å². The standard InChI is InChI=1S/C14H20N2O/c1-2-11(1)6-8-17-14-10-15-7-5-12(14)9-16-13-3-4-13/h5,7,10-11,13,16H,1-4,6,8-9H2. The Labute approximate surface area is 103 Å². The molecule has 3 nitrogen and oxygen atoms in total. The first kappa shape index (κ1) is 11.0. The van der Waals surface area contributed by atoms with E-state index in [2.05, 4.69) is 16.4 Å². The van der Waals surface area contributed by atoms with Gasteiger partial charge in [0, 0.05) is 24.3 Å². The Morgan fingerprint density at radius 1 is 1.29 bits per heavy atom. The molecule has 2 fully saturated rings. The van der Waals surface area contributed by atoms with Gasteiger partial charge in [-0.05, 0) is 31.2 Å². The molecule has 2 aliphatic rings.